The van der Waals surface area contributed by atoms with Crippen molar-refractivity contribution in [3.8, 4) is 5.75 Å². The normalized spacial score (nSPS) is 16.3. The summed E-state index contributed by atoms with van der Waals surface area (Å²) in [6.45, 7) is 3.96. The van der Waals surface area contributed by atoms with E-state index in [4.69, 9.17) is 9.47 Å². The summed E-state index contributed by atoms with van der Waals surface area (Å²) in [4.78, 5) is 12.1. The highest BCUT2D eigenvalue weighted by atomic mass is 16.7. The Morgan fingerprint density at radius 1 is 0.844 bits per heavy atom. The van der Waals surface area contributed by atoms with Crippen LogP contribution < -0.4 is 10.2 Å². The standard InChI is InChI=1S/C28H49NO3/c1-2-3-4-5-6-7-8-9-10-11-12-13-14-15-16-18-22-29-23-21-26(30)27(25-29)32-28-20-17-19-24-31-28/h21,23,25,28H,2-20,22,24H2,1H3. The molecule has 0 radical (unpaired) electrons. The van der Waals surface area contributed by atoms with Crippen molar-refractivity contribution in [2.45, 2.75) is 142 Å². The zero-order valence-electron chi connectivity index (χ0n) is 20.8. The van der Waals surface area contributed by atoms with Crippen LogP contribution in [0.2, 0.25) is 0 Å². The third-order valence-corrected chi connectivity index (χ3v) is 6.61. The molecule has 1 atom stereocenters. The summed E-state index contributed by atoms with van der Waals surface area (Å²) >= 11 is 0. The van der Waals surface area contributed by atoms with Gasteiger partial charge in [0.05, 0.1) is 12.8 Å². The van der Waals surface area contributed by atoms with Crippen LogP contribution in [0.3, 0.4) is 0 Å². The van der Waals surface area contributed by atoms with E-state index >= 15 is 0 Å². The van der Waals surface area contributed by atoms with Gasteiger partial charge in [-0.25, -0.2) is 0 Å². The molecule has 32 heavy (non-hydrogen) atoms. The summed E-state index contributed by atoms with van der Waals surface area (Å²) in [5, 5.41) is 0. The summed E-state index contributed by atoms with van der Waals surface area (Å²) in [6, 6.07) is 1.62. The lowest BCUT2D eigenvalue weighted by Crippen LogP contribution is -2.27. The number of aromatic nitrogens is 1. The molecule has 2 rings (SSSR count). The van der Waals surface area contributed by atoms with Gasteiger partial charge in [0.25, 0.3) is 0 Å². The van der Waals surface area contributed by atoms with Gasteiger partial charge in [0.1, 0.15) is 0 Å². The van der Waals surface area contributed by atoms with Crippen molar-refractivity contribution in [2.75, 3.05) is 6.61 Å². The molecule has 1 saturated heterocycles. The fourth-order valence-corrected chi connectivity index (χ4v) is 4.52. The topological polar surface area (TPSA) is 40.5 Å². The van der Waals surface area contributed by atoms with Crippen LogP contribution in [0.25, 0.3) is 0 Å². The Kier molecular flexibility index (Phi) is 15.3. The van der Waals surface area contributed by atoms with Crippen molar-refractivity contribution < 1.29 is 9.47 Å². The lowest BCUT2D eigenvalue weighted by atomic mass is 10.0. The SMILES string of the molecule is CCCCCCCCCCCCCCCCCCn1ccc(=O)c(OC2CCCCO2)c1. The molecule has 0 saturated carbocycles. The van der Waals surface area contributed by atoms with Crippen molar-refractivity contribution in [1.29, 1.82) is 0 Å². The molecule has 1 aliphatic heterocycles. The molecule has 2 heterocycles. The number of nitrogens with zero attached hydrogens (tertiary/aromatic N) is 1. The van der Waals surface area contributed by atoms with E-state index in [1.54, 1.807) is 6.07 Å². The fourth-order valence-electron chi connectivity index (χ4n) is 4.52. The van der Waals surface area contributed by atoms with Gasteiger partial charge in [0.2, 0.25) is 5.43 Å². The third-order valence-electron chi connectivity index (χ3n) is 6.61. The Bertz CT molecular complexity index is 621. The van der Waals surface area contributed by atoms with Gasteiger partial charge in [0.15, 0.2) is 12.0 Å². The average Bonchev–Trinajstić information content (AvgIpc) is 2.81. The fraction of sp³-hybridized carbons (Fsp3) is 0.821. The van der Waals surface area contributed by atoms with Gasteiger partial charge in [-0.2, -0.15) is 0 Å². The molecule has 4 nitrogen and oxygen atoms in total. The quantitative estimate of drug-likeness (QED) is 0.202. The van der Waals surface area contributed by atoms with Crippen LogP contribution in [0.1, 0.15) is 129 Å². The molecular weight excluding hydrogens is 398 g/mol. The van der Waals surface area contributed by atoms with Gasteiger partial charge in [-0.15, -0.1) is 0 Å². The Morgan fingerprint density at radius 2 is 1.41 bits per heavy atom. The minimum Gasteiger partial charge on any atom is -0.459 e. The van der Waals surface area contributed by atoms with Gasteiger partial charge < -0.3 is 14.0 Å². The predicted octanol–water partition coefficient (Wildman–Crippen LogP) is 8.02. The minimum atomic E-state index is -0.261. The summed E-state index contributed by atoms with van der Waals surface area (Å²) < 4.78 is 13.5. The average molecular weight is 448 g/mol. The van der Waals surface area contributed by atoms with E-state index in [9.17, 15) is 4.79 Å². The van der Waals surface area contributed by atoms with E-state index < -0.39 is 0 Å². The molecule has 0 spiro atoms. The van der Waals surface area contributed by atoms with Gasteiger partial charge >= 0.3 is 0 Å². The first-order valence-corrected chi connectivity index (χ1v) is 13.8. The molecule has 0 aliphatic carbocycles. The van der Waals surface area contributed by atoms with Crippen molar-refractivity contribution >= 4 is 0 Å². The van der Waals surface area contributed by atoms with Crippen LogP contribution in [0.4, 0.5) is 0 Å². The molecule has 1 unspecified atom stereocenters. The molecule has 1 aromatic heterocycles. The Morgan fingerprint density at radius 3 is 1.94 bits per heavy atom. The van der Waals surface area contributed by atoms with E-state index in [-0.39, 0.29) is 11.7 Å². The second kappa shape index (κ2) is 18.2. The number of ether oxygens (including phenoxy) is 2. The maximum atomic E-state index is 12.1. The van der Waals surface area contributed by atoms with Crippen LogP contribution in [0, 0.1) is 0 Å². The molecule has 1 fully saturated rings. The summed E-state index contributed by atoms with van der Waals surface area (Å²) in [5.74, 6) is 0.427. The first-order chi connectivity index (χ1) is 15.8. The van der Waals surface area contributed by atoms with E-state index in [1.807, 2.05) is 12.4 Å². The lowest BCUT2D eigenvalue weighted by Gasteiger charge is -2.23. The number of pyridine rings is 1. The number of hydrogen-bond donors (Lipinski definition) is 0. The number of aryl methyl sites for hydroxylation is 1. The Hall–Kier alpha value is -1.29. The molecule has 0 amide bonds. The van der Waals surface area contributed by atoms with Gasteiger partial charge in [-0.05, 0) is 19.3 Å². The predicted molar refractivity (Wildman–Crippen MR) is 134 cm³/mol. The van der Waals surface area contributed by atoms with E-state index in [0.717, 1.165) is 38.8 Å². The lowest BCUT2D eigenvalue weighted by molar-refractivity contribution is -0.106. The highest BCUT2D eigenvalue weighted by molar-refractivity contribution is 5.17. The molecule has 4 heteroatoms. The highest BCUT2D eigenvalue weighted by Gasteiger charge is 2.16. The molecular formula is C28H49NO3. The number of hydrogen-bond acceptors (Lipinski definition) is 3. The summed E-state index contributed by atoms with van der Waals surface area (Å²) in [5.41, 5.74) is -0.0533. The zero-order valence-corrected chi connectivity index (χ0v) is 20.8. The van der Waals surface area contributed by atoms with Crippen molar-refractivity contribution in [1.82, 2.24) is 4.57 Å². The third kappa shape index (κ3) is 12.7. The van der Waals surface area contributed by atoms with Gasteiger partial charge in [-0.1, -0.05) is 103 Å². The number of unbranched alkanes of at least 4 members (excludes halogenated alkanes) is 15. The summed E-state index contributed by atoms with van der Waals surface area (Å²) in [6.07, 6.45) is 28.7. The van der Waals surface area contributed by atoms with Crippen molar-refractivity contribution in [3.05, 3.63) is 28.7 Å². The smallest absolute Gasteiger partial charge is 0.223 e. The second-order valence-electron chi connectivity index (χ2n) is 9.63. The first kappa shape index (κ1) is 27.0. The van der Waals surface area contributed by atoms with Crippen molar-refractivity contribution in [2.24, 2.45) is 0 Å². The molecule has 0 bridgehead atoms. The maximum absolute atomic E-state index is 12.1. The Balaban J connectivity index is 1.42. The largest absolute Gasteiger partial charge is 0.459 e. The first-order valence-electron chi connectivity index (χ1n) is 13.8. The van der Waals surface area contributed by atoms with Crippen LogP contribution >= 0.6 is 0 Å². The maximum Gasteiger partial charge on any atom is 0.223 e. The van der Waals surface area contributed by atoms with E-state index in [0.29, 0.717) is 5.75 Å². The number of rotatable bonds is 19. The summed E-state index contributed by atoms with van der Waals surface area (Å²) in [7, 11) is 0. The van der Waals surface area contributed by atoms with Crippen LogP contribution in [0.5, 0.6) is 5.75 Å². The monoisotopic (exact) mass is 447 g/mol. The highest BCUT2D eigenvalue weighted by Crippen LogP contribution is 2.17. The van der Waals surface area contributed by atoms with Gasteiger partial charge in [0, 0.05) is 25.2 Å². The zero-order chi connectivity index (χ0) is 22.7. The minimum absolute atomic E-state index is 0.0533. The van der Waals surface area contributed by atoms with Crippen LogP contribution in [-0.2, 0) is 11.3 Å². The molecule has 1 aromatic rings. The second-order valence-corrected chi connectivity index (χ2v) is 9.63. The molecule has 0 N–H and O–H groups in total. The van der Waals surface area contributed by atoms with Crippen LogP contribution in [0.15, 0.2) is 23.3 Å². The molecule has 1 aliphatic rings. The Labute approximate surface area is 197 Å². The van der Waals surface area contributed by atoms with Crippen LogP contribution in [-0.4, -0.2) is 17.5 Å². The van der Waals surface area contributed by atoms with E-state index in [2.05, 4.69) is 11.5 Å². The molecule has 184 valence electrons. The van der Waals surface area contributed by atoms with Gasteiger partial charge in [-0.3, -0.25) is 4.79 Å². The van der Waals surface area contributed by atoms with Crippen molar-refractivity contribution in [3.63, 3.8) is 0 Å². The molecule has 0 aromatic carbocycles. The van der Waals surface area contributed by atoms with E-state index in [1.165, 1.54) is 96.3 Å².